The van der Waals surface area contributed by atoms with Crippen molar-refractivity contribution in [2.24, 2.45) is 0 Å². The largest absolute Gasteiger partial charge is 0.369 e. The Balaban J connectivity index is 2.86. The summed E-state index contributed by atoms with van der Waals surface area (Å²) in [6, 6.07) is 3.49. The summed E-state index contributed by atoms with van der Waals surface area (Å²) in [5.74, 6) is -0.467. The van der Waals surface area contributed by atoms with Crippen molar-refractivity contribution in [1.82, 2.24) is 5.32 Å². The van der Waals surface area contributed by atoms with Gasteiger partial charge in [0.05, 0.1) is 4.92 Å². The van der Waals surface area contributed by atoms with Crippen molar-refractivity contribution in [2.45, 2.75) is 6.42 Å². The van der Waals surface area contributed by atoms with E-state index in [1.54, 1.807) is 11.9 Å². The predicted octanol–water partition coefficient (Wildman–Crippen LogP) is 1.78. The minimum atomic E-state index is -0.497. The molecule has 0 atom stereocenters. The average Bonchev–Trinajstić information content (AvgIpc) is 2.28. The highest BCUT2D eigenvalue weighted by molar-refractivity contribution is 5.62. The highest BCUT2D eigenvalue weighted by Gasteiger charge is 2.17. The predicted molar refractivity (Wildman–Crippen MR) is 64.9 cm³/mol. The van der Waals surface area contributed by atoms with Crippen LogP contribution in [0.3, 0.4) is 0 Å². The number of nitro groups is 1. The number of benzene rings is 1. The summed E-state index contributed by atoms with van der Waals surface area (Å²) in [5, 5.41) is 13.8. The van der Waals surface area contributed by atoms with Crippen LogP contribution in [-0.2, 0) is 0 Å². The average molecular weight is 241 g/mol. The zero-order valence-electron chi connectivity index (χ0n) is 9.94. The van der Waals surface area contributed by atoms with Gasteiger partial charge in [-0.05, 0) is 26.1 Å². The van der Waals surface area contributed by atoms with Gasteiger partial charge in [0.2, 0.25) is 0 Å². The van der Waals surface area contributed by atoms with E-state index in [4.69, 9.17) is 0 Å². The van der Waals surface area contributed by atoms with Gasteiger partial charge in [0, 0.05) is 25.7 Å². The summed E-state index contributed by atoms with van der Waals surface area (Å²) < 4.78 is 13.1. The van der Waals surface area contributed by atoms with E-state index in [0.717, 1.165) is 19.0 Å². The number of nitrogens with zero attached hydrogens (tertiary/aromatic N) is 2. The number of nitrogens with one attached hydrogen (secondary N) is 1. The van der Waals surface area contributed by atoms with E-state index in [1.165, 1.54) is 12.1 Å². The van der Waals surface area contributed by atoms with Crippen molar-refractivity contribution >= 4 is 11.4 Å². The fourth-order valence-corrected chi connectivity index (χ4v) is 1.57. The molecule has 0 heterocycles. The van der Waals surface area contributed by atoms with Crippen molar-refractivity contribution < 1.29 is 9.31 Å². The number of hydrogen-bond donors (Lipinski definition) is 1. The molecule has 17 heavy (non-hydrogen) atoms. The molecule has 1 rings (SSSR count). The standard InChI is InChI=1S/C11H16FN3O2/c1-13-6-3-7-14(2)11-8-9(12)4-5-10(11)15(16)17/h4-5,8,13H,3,6-7H2,1-2H3. The van der Waals surface area contributed by atoms with Gasteiger partial charge in [-0.15, -0.1) is 0 Å². The minimum absolute atomic E-state index is 0.0710. The molecule has 6 heteroatoms. The molecule has 1 N–H and O–H groups in total. The second-order valence-corrected chi connectivity index (χ2v) is 3.77. The molecular formula is C11H16FN3O2. The fourth-order valence-electron chi connectivity index (χ4n) is 1.57. The van der Waals surface area contributed by atoms with E-state index in [0.29, 0.717) is 12.2 Å². The molecule has 0 radical (unpaired) electrons. The van der Waals surface area contributed by atoms with Crippen LogP contribution < -0.4 is 10.2 Å². The molecule has 0 spiro atoms. The highest BCUT2D eigenvalue weighted by Crippen LogP contribution is 2.27. The first kappa shape index (κ1) is 13.4. The summed E-state index contributed by atoms with van der Waals surface area (Å²) in [6.45, 7) is 1.44. The Morgan fingerprint density at radius 3 is 2.82 bits per heavy atom. The smallest absolute Gasteiger partial charge is 0.292 e. The molecule has 0 saturated heterocycles. The van der Waals surface area contributed by atoms with Crippen molar-refractivity contribution in [3.8, 4) is 0 Å². The van der Waals surface area contributed by atoms with E-state index in [2.05, 4.69) is 5.32 Å². The number of halogens is 1. The van der Waals surface area contributed by atoms with Crippen LogP contribution in [0.15, 0.2) is 18.2 Å². The molecular weight excluding hydrogens is 225 g/mol. The Morgan fingerprint density at radius 2 is 2.24 bits per heavy atom. The first-order valence-corrected chi connectivity index (χ1v) is 5.36. The lowest BCUT2D eigenvalue weighted by Gasteiger charge is -2.18. The SMILES string of the molecule is CNCCCN(C)c1cc(F)ccc1[N+](=O)[O-]. The van der Waals surface area contributed by atoms with E-state index in [-0.39, 0.29) is 5.69 Å². The Morgan fingerprint density at radius 1 is 1.53 bits per heavy atom. The molecule has 0 bridgehead atoms. The normalized spacial score (nSPS) is 10.3. The van der Waals surface area contributed by atoms with Crippen molar-refractivity contribution in [3.63, 3.8) is 0 Å². The van der Waals surface area contributed by atoms with Gasteiger partial charge in [0.25, 0.3) is 5.69 Å². The lowest BCUT2D eigenvalue weighted by molar-refractivity contribution is -0.384. The third-order valence-corrected chi connectivity index (χ3v) is 2.47. The zero-order chi connectivity index (χ0) is 12.8. The van der Waals surface area contributed by atoms with E-state index in [9.17, 15) is 14.5 Å². The lowest BCUT2D eigenvalue weighted by atomic mass is 10.2. The third-order valence-electron chi connectivity index (χ3n) is 2.47. The van der Waals surface area contributed by atoms with Crippen LogP contribution in [0.5, 0.6) is 0 Å². The summed E-state index contributed by atoms with van der Waals surface area (Å²) in [5.41, 5.74) is 0.240. The maximum Gasteiger partial charge on any atom is 0.292 e. The Kier molecular flexibility index (Phi) is 4.84. The van der Waals surface area contributed by atoms with Gasteiger partial charge in [-0.1, -0.05) is 0 Å². The Labute approximate surface area is 99.4 Å². The highest BCUT2D eigenvalue weighted by atomic mass is 19.1. The second-order valence-electron chi connectivity index (χ2n) is 3.77. The quantitative estimate of drug-likeness (QED) is 0.468. The van der Waals surface area contributed by atoms with Crippen LogP contribution >= 0.6 is 0 Å². The van der Waals surface area contributed by atoms with Crippen LogP contribution in [0.1, 0.15) is 6.42 Å². The lowest BCUT2D eigenvalue weighted by Crippen LogP contribution is -2.23. The molecule has 0 fully saturated rings. The first-order chi connectivity index (χ1) is 8.06. The van der Waals surface area contributed by atoms with Gasteiger partial charge in [-0.3, -0.25) is 10.1 Å². The summed E-state index contributed by atoms with van der Waals surface area (Å²) in [4.78, 5) is 12.0. The molecule has 0 aliphatic carbocycles. The van der Waals surface area contributed by atoms with Gasteiger partial charge < -0.3 is 10.2 Å². The van der Waals surface area contributed by atoms with E-state index >= 15 is 0 Å². The summed E-state index contributed by atoms with van der Waals surface area (Å²) in [6.07, 6.45) is 0.834. The van der Waals surface area contributed by atoms with Gasteiger partial charge in [0.15, 0.2) is 0 Å². The molecule has 0 aromatic heterocycles. The van der Waals surface area contributed by atoms with Crippen LogP contribution in [0.2, 0.25) is 0 Å². The number of hydrogen-bond acceptors (Lipinski definition) is 4. The van der Waals surface area contributed by atoms with Crippen LogP contribution in [0.25, 0.3) is 0 Å². The van der Waals surface area contributed by atoms with E-state index < -0.39 is 10.7 Å². The molecule has 1 aromatic carbocycles. The number of rotatable bonds is 6. The van der Waals surface area contributed by atoms with Gasteiger partial charge in [0.1, 0.15) is 11.5 Å². The number of nitro benzene ring substituents is 1. The molecule has 0 amide bonds. The fraction of sp³-hybridized carbons (Fsp3) is 0.455. The Bertz CT molecular complexity index is 398. The van der Waals surface area contributed by atoms with Gasteiger partial charge in [-0.25, -0.2) is 4.39 Å². The van der Waals surface area contributed by atoms with E-state index in [1.807, 2.05) is 7.05 Å². The molecule has 0 saturated carbocycles. The van der Waals surface area contributed by atoms with Crippen LogP contribution in [0.4, 0.5) is 15.8 Å². The van der Waals surface area contributed by atoms with Crippen LogP contribution in [0, 0.1) is 15.9 Å². The Hall–Kier alpha value is -1.69. The topological polar surface area (TPSA) is 58.4 Å². The van der Waals surface area contributed by atoms with Crippen LogP contribution in [-0.4, -0.2) is 32.1 Å². The zero-order valence-corrected chi connectivity index (χ0v) is 9.94. The van der Waals surface area contributed by atoms with Crippen molar-refractivity contribution in [2.75, 3.05) is 32.1 Å². The molecule has 5 nitrogen and oxygen atoms in total. The molecule has 0 aliphatic heterocycles. The molecule has 1 aromatic rings. The third kappa shape index (κ3) is 3.67. The van der Waals surface area contributed by atoms with Crippen molar-refractivity contribution in [1.29, 1.82) is 0 Å². The molecule has 0 unspecified atom stereocenters. The van der Waals surface area contributed by atoms with Gasteiger partial charge in [-0.2, -0.15) is 0 Å². The minimum Gasteiger partial charge on any atom is -0.369 e. The van der Waals surface area contributed by atoms with Gasteiger partial charge >= 0.3 is 0 Å². The maximum absolute atomic E-state index is 13.1. The van der Waals surface area contributed by atoms with Crippen molar-refractivity contribution in [3.05, 3.63) is 34.1 Å². The monoisotopic (exact) mass is 241 g/mol. The maximum atomic E-state index is 13.1. The summed E-state index contributed by atoms with van der Waals surface area (Å²) >= 11 is 0. The molecule has 94 valence electrons. The summed E-state index contributed by atoms with van der Waals surface area (Å²) in [7, 11) is 3.56. The second kappa shape index (κ2) is 6.15. The molecule has 0 aliphatic rings. The first-order valence-electron chi connectivity index (χ1n) is 5.36. The number of anilines is 1.